The van der Waals surface area contributed by atoms with E-state index in [4.69, 9.17) is 9.15 Å². The predicted octanol–water partition coefficient (Wildman–Crippen LogP) is 8.97. The summed E-state index contributed by atoms with van der Waals surface area (Å²) in [5.41, 5.74) is 6.00. The normalized spacial score (nSPS) is 13.4. The molecule has 0 spiro atoms. The van der Waals surface area contributed by atoms with Crippen molar-refractivity contribution in [3.63, 3.8) is 0 Å². The monoisotopic (exact) mass is 641 g/mol. The van der Waals surface area contributed by atoms with E-state index in [2.05, 4.69) is 33.9 Å². The fraction of sp³-hybridized carbons (Fsp3) is 0.225. The van der Waals surface area contributed by atoms with E-state index in [0.29, 0.717) is 34.2 Å². The first-order chi connectivity index (χ1) is 23.4. The molecule has 48 heavy (non-hydrogen) atoms. The zero-order chi connectivity index (χ0) is 33.5. The Hall–Kier alpha value is -5.63. The number of anilines is 3. The fourth-order valence-electron chi connectivity index (χ4n) is 5.67. The molecule has 1 aliphatic heterocycles. The summed E-state index contributed by atoms with van der Waals surface area (Å²) in [6, 6.07) is 30.0. The third-order valence-corrected chi connectivity index (χ3v) is 8.22. The Morgan fingerprint density at radius 1 is 0.792 bits per heavy atom. The van der Waals surface area contributed by atoms with E-state index in [0.717, 1.165) is 66.9 Å². The van der Waals surface area contributed by atoms with Gasteiger partial charge in [-0.1, -0.05) is 63.1 Å². The van der Waals surface area contributed by atoms with Crippen LogP contribution in [0.2, 0.25) is 0 Å². The van der Waals surface area contributed by atoms with E-state index < -0.39 is 0 Å². The lowest BCUT2D eigenvalue weighted by Gasteiger charge is -2.18. The molecule has 0 aliphatic carbocycles. The maximum atomic E-state index is 13.1. The lowest BCUT2D eigenvalue weighted by molar-refractivity contribution is -0.678. The number of aromatic nitrogens is 1. The highest BCUT2D eigenvalue weighted by molar-refractivity contribution is 6.06. The second-order valence-electron chi connectivity index (χ2n) is 11.9. The molecule has 6 rings (SSSR count). The number of oxazole rings is 1. The van der Waals surface area contributed by atoms with Crippen LogP contribution >= 0.6 is 0 Å². The number of carbonyl (C=O) groups is 2. The Morgan fingerprint density at radius 3 is 2.06 bits per heavy atom. The topological polar surface area (TPSA) is 87.7 Å². The molecule has 0 bridgehead atoms. The molecule has 4 aromatic carbocycles. The van der Waals surface area contributed by atoms with Crippen LogP contribution in [0, 0.1) is 0 Å². The van der Waals surface area contributed by atoms with Crippen molar-refractivity contribution in [2.24, 2.45) is 0 Å². The molecular formula is C40H41N4O4+. The summed E-state index contributed by atoms with van der Waals surface area (Å²) < 4.78 is 14.8. The molecule has 1 aromatic heterocycles. The molecule has 1 aliphatic rings. The molecule has 0 atom stereocenters. The Balaban J connectivity index is 1.28. The fourth-order valence-corrected chi connectivity index (χ4v) is 5.67. The van der Waals surface area contributed by atoms with Crippen LogP contribution in [0.1, 0.15) is 73.1 Å². The Labute approximate surface area is 281 Å². The molecule has 0 saturated carbocycles. The zero-order valence-corrected chi connectivity index (χ0v) is 27.7. The molecular weight excluding hydrogens is 600 g/mol. The molecule has 0 fully saturated rings. The minimum atomic E-state index is -0.171. The van der Waals surface area contributed by atoms with Gasteiger partial charge in [0.2, 0.25) is 11.5 Å². The molecule has 244 valence electrons. The van der Waals surface area contributed by atoms with Gasteiger partial charge < -0.3 is 24.7 Å². The third-order valence-electron chi connectivity index (χ3n) is 8.22. The number of amides is 2. The van der Waals surface area contributed by atoms with Gasteiger partial charge in [0.15, 0.2) is 12.3 Å². The Morgan fingerprint density at radius 2 is 1.42 bits per heavy atom. The summed E-state index contributed by atoms with van der Waals surface area (Å²) in [5, 5.41) is 5.94. The minimum Gasteiger partial charge on any atom is -0.439 e. The first kappa shape index (κ1) is 32.3. The maximum absolute atomic E-state index is 13.1. The second-order valence-corrected chi connectivity index (χ2v) is 11.9. The maximum Gasteiger partial charge on any atom is 0.374 e. The summed E-state index contributed by atoms with van der Waals surface area (Å²) in [7, 11) is 0. The molecule has 8 heteroatoms. The number of hydrogen-bond donors (Lipinski definition) is 2. The van der Waals surface area contributed by atoms with Crippen molar-refractivity contribution in [2.45, 2.75) is 53.0 Å². The summed E-state index contributed by atoms with van der Waals surface area (Å²) in [6.45, 7) is 7.84. The smallest absolute Gasteiger partial charge is 0.374 e. The first-order valence-corrected chi connectivity index (χ1v) is 16.6. The van der Waals surface area contributed by atoms with Gasteiger partial charge in [-0.25, -0.2) is 0 Å². The van der Waals surface area contributed by atoms with Gasteiger partial charge in [-0.3, -0.25) is 9.59 Å². The number of allylic oxidation sites excluding steroid dienone is 2. The highest BCUT2D eigenvalue weighted by Gasteiger charge is 2.28. The van der Waals surface area contributed by atoms with Crippen LogP contribution in [0.25, 0.3) is 17.2 Å². The van der Waals surface area contributed by atoms with Gasteiger partial charge in [-0.2, -0.15) is 4.57 Å². The number of carbonyl (C=O) groups excluding carboxylic acids is 2. The molecule has 2 N–H and O–H groups in total. The van der Waals surface area contributed by atoms with E-state index in [1.165, 1.54) is 0 Å². The SMILES string of the molecule is CCCCN1C(=CC(C)=Cc2oc3ccc(C(=O)Nc4ccccc4)cc3[n+]2CCCC)Oc2ccc(C(=O)Nc3ccccc3)cc21. The van der Waals surface area contributed by atoms with Crippen LogP contribution < -0.4 is 24.8 Å². The number of nitrogens with one attached hydrogen (secondary N) is 2. The average Bonchev–Trinajstić information content (AvgIpc) is 3.62. The van der Waals surface area contributed by atoms with Gasteiger partial charge in [0.1, 0.15) is 0 Å². The Bertz CT molecular complexity index is 1980. The van der Waals surface area contributed by atoms with E-state index in [1.807, 2.05) is 104 Å². The molecule has 5 aromatic rings. The summed E-state index contributed by atoms with van der Waals surface area (Å²) >= 11 is 0. The standard InChI is InChI=1S/C40H40N4O4/c1-4-6-22-43-33-26-29(39(45)41-31-14-10-8-11-15-31)18-20-35(33)47-37(43)24-28(3)25-38-44(23-7-5-2)34-27-30(19-21-36(34)48-38)40(46)42-32-16-12-9-13-17-32/h8-21,24-27H,4-7,22-23H2,1-3H3,(H-,41,42,45,46)/p+1. The number of nitrogens with zero attached hydrogens (tertiary/aromatic N) is 2. The highest BCUT2D eigenvalue weighted by Crippen LogP contribution is 2.40. The van der Waals surface area contributed by atoms with Gasteiger partial charge in [0.25, 0.3) is 17.3 Å². The first-order valence-electron chi connectivity index (χ1n) is 16.6. The van der Waals surface area contributed by atoms with Crippen molar-refractivity contribution in [2.75, 3.05) is 22.1 Å². The largest absolute Gasteiger partial charge is 0.439 e. The lowest BCUT2D eigenvalue weighted by Crippen LogP contribution is -2.35. The number of aryl methyl sites for hydroxylation is 1. The van der Waals surface area contributed by atoms with Gasteiger partial charge >= 0.3 is 5.89 Å². The number of hydrogen-bond acceptors (Lipinski definition) is 5. The number of fused-ring (bicyclic) bond motifs is 2. The van der Waals surface area contributed by atoms with Crippen molar-refractivity contribution >= 4 is 46.1 Å². The number of unbranched alkanes of at least 4 members (excludes halogenated alkanes) is 2. The number of rotatable bonds is 12. The van der Waals surface area contributed by atoms with Crippen molar-refractivity contribution < 1.29 is 23.3 Å². The quantitative estimate of drug-likeness (QED) is 0.133. The molecule has 0 unspecified atom stereocenters. The van der Waals surface area contributed by atoms with Crippen molar-refractivity contribution in [3.8, 4) is 5.75 Å². The number of ether oxygens (including phenoxy) is 1. The number of para-hydroxylation sites is 2. The minimum absolute atomic E-state index is 0.171. The van der Waals surface area contributed by atoms with Crippen LogP contribution in [0.4, 0.5) is 17.1 Å². The predicted molar refractivity (Wildman–Crippen MR) is 191 cm³/mol. The van der Waals surface area contributed by atoms with Crippen molar-refractivity contribution in [3.05, 3.63) is 132 Å². The third kappa shape index (κ3) is 7.33. The molecule has 0 saturated heterocycles. The highest BCUT2D eigenvalue weighted by atomic mass is 16.5. The van der Waals surface area contributed by atoms with Gasteiger partial charge in [0.05, 0.1) is 11.8 Å². The molecule has 2 heterocycles. The van der Waals surface area contributed by atoms with E-state index in [9.17, 15) is 9.59 Å². The number of benzene rings is 4. The van der Waals surface area contributed by atoms with Gasteiger partial charge in [-0.15, -0.1) is 0 Å². The Kier molecular flexibility index (Phi) is 10.0. The van der Waals surface area contributed by atoms with Crippen LogP contribution in [-0.4, -0.2) is 18.4 Å². The van der Waals surface area contributed by atoms with Crippen molar-refractivity contribution in [1.29, 1.82) is 0 Å². The average molecular weight is 642 g/mol. The summed E-state index contributed by atoms with van der Waals surface area (Å²) in [6.07, 6.45) is 7.98. The van der Waals surface area contributed by atoms with Gasteiger partial charge in [0, 0.05) is 47.6 Å². The van der Waals surface area contributed by atoms with Crippen molar-refractivity contribution in [1.82, 2.24) is 0 Å². The molecule has 0 radical (unpaired) electrons. The zero-order valence-electron chi connectivity index (χ0n) is 27.7. The van der Waals surface area contributed by atoms with Crippen LogP contribution in [-0.2, 0) is 6.54 Å². The van der Waals surface area contributed by atoms with Crippen LogP contribution in [0.3, 0.4) is 0 Å². The van der Waals surface area contributed by atoms with Gasteiger partial charge in [-0.05, 0) is 73.5 Å². The van der Waals surface area contributed by atoms with Crippen LogP contribution in [0.15, 0.2) is 119 Å². The second kappa shape index (κ2) is 14.9. The summed E-state index contributed by atoms with van der Waals surface area (Å²) in [4.78, 5) is 28.3. The molecule has 8 nitrogen and oxygen atoms in total. The van der Waals surface area contributed by atoms with E-state index >= 15 is 0 Å². The molecule has 2 amide bonds. The lowest BCUT2D eigenvalue weighted by atomic mass is 10.1. The summed E-state index contributed by atoms with van der Waals surface area (Å²) in [5.74, 6) is 1.77. The van der Waals surface area contributed by atoms with E-state index in [1.54, 1.807) is 12.1 Å². The van der Waals surface area contributed by atoms with E-state index in [-0.39, 0.29) is 11.8 Å². The van der Waals surface area contributed by atoms with Crippen LogP contribution in [0.5, 0.6) is 5.75 Å².